The number of hydrogen-bond acceptors (Lipinski definition) is 2. The number of anilines is 1. The molecule has 1 amide bonds. The molecule has 0 heterocycles. The highest BCUT2D eigenvalue weighted by Crippen LogP contribution is 2.17. The number of rotatable bonds is 4. The molecule has 1 aromatic rings. The number of nitrogens with one attached hydrogen (secondary N) is 1. The molecule has 0 saturated carbocycles. The Bertz CT molecular complexity index is 418. The first-order valence-corrected chi connectivity index (χ1v) is 4.87. The lowest BCUT2D eigenvalue weighted by Gasteiger charge is -2.07. The van der Waals surface area contributed by atoms with Crippen molar-refractivity contribution in [3.05, 3.63) is 29.6 Å². The van der Waals surface area contributed by atoms with Gasteiger partial charge in [0.2, 0.25) is 5.91 Å². The van der Waals surface area contributed by atoms with E-state index in [1.54, 1.807) is 0 Å². The maximum atomic E-state index is 12.8. The molecule has 0 aliphatic carbocycles. The number of carboxylic acid groups (broad SMARTS) is 1. The van der Waals surface area contributed by atoms with Gasteiger partial charge in [-0.2, -0.15) is 0 Å². The highest BCUT2D eigenvalue weighted by atomic mass is 19.1. The van der Waals surface area contributed by atoms with Gasteiger partial charge in [0.05, 0.1) is 11.3 Å². The molecule has 2 N–H and O–H groups in total. The molecule has 1 aromatic carbocycles. The highest BCUT2D eigenvalue weighted by Gasteiger charge is 2.12. The summed E-state index contributed by atoms with van der Waals surface area (Å²) >= 11 is 0. The SMILES string of the molecule is CCCC(=O)Nc1ccc(F)cc1C(=O)O. The summed E-state index contributed by atoms with van der Waals surface area (Å²) in [4.78, 5) is 22.1. The quantitative estimate of drug-likeness (QED) is 0.825. The highest BCUT2D eigenvalue weighted by molar-refractivity contribution is 6.00. The normalized spacial score (nSPS) is 9.88. The lowest BCUT2D eigenvalue weighted by atomic mass is 10.1. The zero-order chi connectivity index (χ0) is 12.1. The second-order valence-electron chi connectivity index (χ2n) is 3.29. The van der Waals surface area contributed by atoms with Crippen LogP contribution in [0.25, 0.3) is 0 Å². The minimum absolute atomic E-state index is 0.118. The standard InChI is InChI=1S/C11H12FNO3/c1-2-3-10(14)13-9-5-4-7(12)6-8(9)11(15)16/h4-6H,2-3H2,1H3,(H,13,14)(H,15,16). The molecule has 0 radical (unpaired) electrons. The molecule has 0 bridgehead atoms. The van der Waals surface area contributed by atoms with E-state index in [1.165, 1.54) is 6.07 Å². The summed E-state index contributed by atoms with van der Waals surface area (Å²) in [6, 6.07) is 3.23. The molecular weight excluding hydrogens is 213 g/mol. The van der Waals surface area contributed by atoms with Crippen molar-refractivity contribution in [2.75, 3.05) is 5.32 Å². The van der Waals surface area contributed by atoms with Gasteiger partial charge in [-0.25, -0.2) is 9.18 Å². The maximum Gasteiger partial charge on any atom is 0.337 e. The summed E-state index contributed by atoms with van der Waals surface area (Å²) in [5.74, 6) is -2.20. The van der Waals surface area contributed by atoms with Gasteiger partial charge in [-0.1, -0.05) is 6.92 Å². The summed E-state index contributed by atoms with van der Waals surface area (Å²) in [6.07, 6.45) is 0.964. The summed E-state index contributed by atoms with van der Waals surface area (Å²) in [6.45, 7) is 1.84. The number of benzene rings is 1. The van der Waals surface area contributed by atoms with Crippen molar-refractivity contribution in [2.45, 2.75) is 19.8 Å². The maximum absolute atomic E-state index is 12.8. The van der Waals surface area contributed by atoms with Crippen LogP contribution in [0.15, 0.2) is 18.2 Å². The molecule has 16 heavy (non-hydrogen) atoms. The van der Waals surface area contributed by atoms with Crippen LogP contribution in [0, 0.1) is 5.82 Å². The predicted molar refractivity (Wildman–Crippen MR) is 56.9 cm³/mol. The fraction of sp³-hybridized carbons (Fsp3) is 0.273. The summed E-state index contributed by atoms with van der Waals surface area (Å²) in [7, 11) is 0. The first kappa shape index (κ1) is 12.2. The van der Waals surface area contributed by atoms with Crippen LogP contribution < -0.4 is 5.32 Å². The van der Waals surface area contributed by atoms with Crippen LogP contribution in [0.2, 0.25) is 0 Å². The summed E-state index contributed by atoms with van der Waals surface area (Å²) < 4.78 is 12.8. The average Bonchev–Trinajstić information content (AvgIpc) is 2.20. The summed E-state index contributed by atoms with van der Waals surface area (Å²) in [5.41, 5.74) is -0.128. The van der Waals surface area contributed by atoms with E-state index >= 15 is 0 Å². The number of halogens is 1. The first-order chi connectivity index (χ1) is 7.54. The number of carbonyl (C=O) groups is 2. The van der Waals surface area contributed by atoms with Crippen LogP contribution in [-0.4, -0.2) is 17.0 Å². The second-order valence-corrected chi connectivity index (χ2v) is 3.29. The van der Waals surface area contributed by atoms with Crippen LogP contribution in [0.1, 0.15) is 30.1 Å². The Morgan fingerprint density at radius 3 is 2.69 bits per heavy atom. The molecular formula is C11H12FNO3. The molecule has 0 atom stereocenters. The van der Waals surface area contributed by atoms with Crippen molar-refractivity contribution < 1.29 is 19.1 Å². The summed E-state index contributed by atoms with van der Waals surface area (Å²) in [5, 5.41) is 11.2. The Morgan fingerprint density at radius 1 is 1.44 bits per heavy atom. The van der Waals surface area contributed by atoms with E-state index in [2.05, 4.69) is 5.32 Å². The van der Waals surface area contributed by atoms with E-state index in [4.69, 9.17) is 5.11 Å². The third-order valence-electron chi connectivity index (χ3n) is 1.96. The second kappa shape index (κ2) is 5.25. The van der Waals surface area contributed by atoms with Gasteiger partial charge in [-0.05, 0) is 24.6 Å². The van der Waals surface area contributed by atoms with Gasteiger partial charge in [-0.3, -0.25) is 4.79 Å². The van der Waals surface area contributed by atoms with Gasteiger partial charge in [0.25, 0.3) is 0 Å². The lowest BCUT2D eigenvalue weighted by Crippen LogP contribution is -2.14. The van der Waals surface area contributed by atoms with Gasteiger partial charge < -0.3 is 10.4 Å². The molecule has 5 heteroatoms. The molecule has 0 aromatic heterocycles. The predicted octanol–water partition coefficient (Wildman–Crippen LogP) is 2.26. The Hall–Kier alpha value is -1.91. The van der Waals surface area contributed by atoms with Gasteiger partial charge in [0.15, 0.2) is 0 Å². The smallest absolute Gasteiger partial charge is 0.337 e. The van der Waals surface area contributed by atoms with Gasteiger partial charge >= 0.3 is 5.97 Å². The number of aromatic carboxylic acids is 1. The number of hydrogen-bond donors (Lipinski definition) is 2. The van der Waals surface area contributed by atoms with E-state index < -0.39 is 11.8 Å². The molecule has 0 saturated heterocycles. The van der Waals surface area contributed by atoms with E-state index in [-0.39, 0.29) is 17.2 Å². The van der Waals surface area contributed by atoms with Crippen LogP contribution in [0.5, 0.6) is 0 Å². The van der Waals surface area contributed by atoms with Gasteiger partial charge in [0.1, 0.15) is 5.82 Å². The average molecular weight is 225 g/mol. The molecule has 4 nitrogen and oxygen atoms in total. The Labute approximate surface area is 92.1 Å². The third-order valence-corrected chi connectivity index (χ3v) is 1.96. The zero-order valence-corrected chi connectivity index (χ0v) is 8.79. The Morgan fingerprint density at radius 2 is 2.12 bits per heavy atom. The molecule has 86 valence electrons. The Kier molecular flexibility index (Phi) is 3.99. The largest absolute Gasteiger partial charge is 0.478 e. The van der Waals surface area contributed by atoms with E-state index in [0.717, 1.165) is 12.1 Å². The van der Waals surface area contributed by atoms with Crippen LogP contribution in [-0.2, 0) is 4.79 Å². The van der Waals surface area contributed by atoms with E-state index in [1.807, 2.05) is 6.92 Å². The van der Waals surface area contributed by atoms with E-state index in [0.29, 0.717) is 12.8 Å². The molecule has 0 aliphatic rings. The van der Waals surface area contributed by atoms with Crippen LogP contribution in [0.4, 0.5) is 10.1 Å². The molecule has 0 fully saturated rings. The van der Waals surface area contributed by atoms with Crippen molar-refractivity contribution in [2.24, 2.45) is 0 Å². The lowest BCUT2D eigenvalue weighted by molar-refractivity contribution is -0.116. The van der Waals surface area contributed by atoms with Gasteiger partial charge in [0, 0.05) is 6.42 Å². The third kappa shape index (κ3) is 3.05. The minimum atomic E-state index is -1.27. The van der Waals surface area contributed by atoms with Crippen molar-refractivity contribution in [1.29, 1.82) is 0 Å². The molecule has 0 aliphatic heterocycles. The number of carboxylic acids is 1. The zero-order valence-electron chi connectivity index (χ0n) is 8.79. The van der Waals surface area contributed by atoms with Crippen molar-refractivity contribution in [3.8, 4) is 0 Å². The minimum Gasteiger partial charge on any atom is -0.478 e. The molecule has 1 rings (SSSR count). The van der Waals surface area contributed by atoms with E-state index in [9.17, 15) is 14.0 Å². The monoisotopic (exact) mass is 225 g/mol. The fourth-order valence-electron chi connectivity index (χ4n) is 1.24. The van der Waals surface area contributed by atoms with Crippen molar-refractivity contribution in [1.82, 2.24) is 0 Å². The molecule has 0 spiro atoms. The van der Waals surface area contributed by atoms with Crippen LogP contribution >= 0.6 is 0 Å². The van der Waals surface area contributed by atoms with Crippen LogP contribution in [0.3, 0.4) is 0 Å². The Balaban J connectivity index is 2.95. The van der Waals surface area contributed by atoms with Crippen molar-refractivity contribution >= 4 is 17.6 Å². The van der Waals surface area contributed by atoms with Gasteiger partial charge in [-0.15, -0.1) is 0 Å². The van der Waals surface area contributed by atoms with Crippen molar-refractivity contribution in [3.63, 3.8) is 0 Å². The molecule has 0 unspecified atom stereocenters. The number of carbonyl (C=O) groups excluding carboxylic acids is 1. The first-order valence-electron chi connectivity index (χ1n) is 4.87. The number of amides is 1. The topological polar surface area (TPSA) is 66.4 Å². The fourth-order valence-corrected chi connectivity index (χ4v) is 1.24.